The lowest BCUT2D eigenvalue weighted by atomic mass is 10.1. The molecule has 0 unspecified atom stereocenters. The van der Waals surface area contributed by atoms with Crippen LogP contribution in [0.25, 0.3) is 22.8 Å². The van der Waals surface area contributed by atoms with Gasteiger partial charge in [0.1, 0.15) is 18.4 Å². The van der Waals surface area contributed by atoms with Crippen molar-refractivity contribution < 1.29 is 18.9 Å². The zero-order valence-electron chi connectivity index (χ0n) is 21.3. The highest BCUT2D eigenvalue weighted by Crippen LogP contribution is 2.28. The summed E-state index contributed by atoms with van der Waals surface area (Å²) >= 11 is 0. The molecule has 0 amide bonds. The predicted octanol–water partition coefficient (Wildman–Crippen LogP) is 4.57. The molecular weight excluding hydrogens is 470 g/mol. The first-order chi connectivity index (χ1) is 18.2. The fourth-order valence-electron chi connectivity index (χ4n) is 4.56. The minimum atomic E-state index is -0.137. The van der Waals surface area contributed by atoms with Crippen molar-refractivity contribution in [2.75, 3.05) is 40.6 Å². The molecular formula is C28H33N5O4. The second-order valence-electron chi connectivity index (χ2n) is 9.12. The molecule has 1 aliphatic heterocycles. The fraction of sp³-hybridized carbons (Fsp3) is 0.393. The van der Waals surface area contributed by atoms with E-state index in [-0.39, 0.29) is 6.04 Å². The largest absolute Gasteiger partial charge is 0.489 e. The van der Waals surface area contributed by atoms with Crippen LogP contribution in [-0.2, 0) is 20.8 Å². The minimum Gasteiger partial charge on any atom is -0.489 e. The summed E-state index contributed by atoms with van der Waals surface area (Å²) in [5, 5.41) is 9.58. The summed E-state index contributed by atoms with van der Waals surface area (Å²) in [7, 11) is 3.36. The molecule has 5 rings (SSSR count). The Kier molecular flexibility index (Phi) is 8.25. The van der Waals surface area contributed by atoms with Gasteiger partial charge in [0, 0.05) is 39.2 Å². The Labute approximate surface area is 216 Å². The molecule has 0 atom stereocenters. The van der Waals surface area contributed by atoms with Gasteiger partial charge >= 0.3 is 0 Å². The van der Waals surface area contributed by atoms with Crippen LogP contribution in [0.1, 0.15) is 30.5 Å². The van der Waals surface area contributed by atoms with E-state index < -0.39 is 0 Å². The van der Waals surface area contributed by atoms with Crippen LogP contribution < -0.4 is 4.74 Å². The van der Waals surface area contributed by atoms with E-state index in [1.54, 1.807) is 14.2 Å². The molecule has 37 heavy (non-hydrogen) atoms. The van der Waals surface area contributed by atoms with Crippen LogP contribution in [-0.4, -0.2) is 65.2 Å². The highest BCUT2D eigenvalue weighted by atomic mass is 16.5. The second-order valence-corrected chi connectivity index (χ2v) is 9.12. The Morgan fingerprint density at radius 2 is 1.76 bits per heavy atom. The summed E-state index contributed by atoms with van der Waals surface area (Å²) in [5.74, 6) is 2.20. The van der Waals surface area contributed by atoms with Crippen molar-refractivity contribution in [1.82, 2.24) is 24.5 Å². The number of aromatic nitrogens is 5. The lowest BCUT2D eigenvalue weighted by Crippen LogP contribution is -2.22. The van der Waals surface area contributed by atoms with E-state index in [0.717, 1.165) is 54.3 Å². The maximum Gasteiger partial charge on any atom is 0.181 e. The van der Waals surface area contributed by atoms with E-state index in [0.29, 0.717) is 31.7 Å². The fourth-order valence-corrected chi connectivity index (χ4v) is 4.56. The van der Waals surface area contributed by atoms with Crippen LogP contribution >= 0.6 is 0 Å². The number of benzene rings is 2. The van der Waals surface area contributed by atoms with Gasteiger partial charge in [-0.3, -0.25) is 4.68 Å². The number of para-hydroxylation sites is 1. The summed E-state index contributed by atoms with van der Waals surface area (Å²) in [6, 6.07) is 18.1. The van der Waals surface area contributed by atoms with Crippen LogP contribution in [0.4, 0.5) is 0 Å². The van der Waals surface area contributed by atoms with Crippen LogP contribution in [0.2, 0.25) is 0 Å². The molecule has 1 fully saturated rings. The van der Waals surface area contributed by atoms with Crippen molar-refractivity contribution in [3.8, 4) is 28.5 Å². The molecule has 3 heterocycles. The lowest BCUT2D eigenvalue weighted by molar-refractivity contribution is 0.0662. The molecule has 9 nitrogen and oxygen atoms in total. The van der Waals surface area contributed by atoms with Gasteiger partial charge in [-0.15, -0.1) is 5.10 Å². The molecule has 4 aromatic rings. The van der Waals surface area contributed by atoms with Crippen LogP contribution in [0, 0.1) is 0 Å². The van der Waals surface area contributed by atoms with E-state index in [4.69, 9.17) is 29.0 Å². The van der Waals surface area contributed by atoms with Crippen molar-refractivity contribution in [1.29, 1.82) is 0 Å². The topological polar surface area (TPSA) is 85.5 Å². The normalized spacial score (nSPS) is 14.4. The summed E-state index contributed by atoms with van der Waals surface area (Å²) in [4.78, 5) is 4.98. The third kappa shape index (κ3) is 6.07. The Hall–Kier alpha value is -3.53. The maximum absolute atomic E-state index is 5.94. The molecule has 1 aliphatic rings. The summed E-state index contributed by atoms with van der Waals surface area (Å²) in [6.45, 7) is 2.87. The van der Waals surface area contributed by atoms with Gasteiger partial charge in [0.2, 0.25) is 0 Å². The monoisotopic (exact) mass is 503 g/mol. The highest BCUT2D eigenvalue weighted by molar-refractivity contribution is 5.61. The zero-order valence-corrected chi connectivity index (χ0v) is 21.3. The van der Waals surface area contributed by atoms with Crippen molar-refractivity contribution >= 4 is 0 Å². The first-order valence-corrected chi connectivity index (χ1v) is 12.6. The van der Waals surface area contributed by atoms with E-state index in [9.17, 15) is 0 Å². The van der Waals surface area contributed by atoms with E-state index in [1.807, 2.05) is 64.1 Å². The molecule has 0 bridgehead atoms. The molecule has 0 N–H and O–H groups in total. The quantitative estimate of drug-likeness (QED) is 0.296. The van der Waals surface area contributed by atoms with Crippen molar-refractivity contribution in [2.45, 2.75) is 31.5 Å². The average Bonchev–Trinajstić information content (AvgIpc) is 3.61. The number of hydrogen-bond donors (Lipinski definition) is 0. The first-order valence-electron chi connectivity index (χ1n) is 12.6. The number of ether oxygens (including phenoxy) is 4. The third-order valence-electron chi connectivity index (χ3n) is 6.45. The second kappa shape index (κ2) is 12.1. The van der Waals surface area contributed by atoms with Crippen molar-refractivity contribution in [3.63, 3.8) is 0 Å². The van der Waals surface area contributed by atoms with Gasteiger partial charge in [-0.1, -0.05) is 36.4 Å². The first kappa shape index (κ1) is 25.1. The molecule has 1 saturated heterocycles. The SMILES string of the molecule is COCC(COC)n1nc(-c2cccc(COc3ccccc3)c2)nc1-c1cnn(C2CCOCC2)c1. The Morgan fingerprint density at radius 3 is 2.51 bits per heavy atom. The van der Waals surface area contributed by atoms with Gasteiger partial charge in [-0.25, -0.2) is 9.67 Å². The lowest BCUT2D eigenvalue weighted by Gasteiger charge is -2.22. The van der Waals surface area contributed by atoms with Crippen LogP contribution in [0.15, 0.2) is 67.0 Å². The summed E-state index contributed by atoms with van der Waals surface area (Å²) in [5.41, 5.74) is 2.86. The molecule has 194 valence electrons. The van der Waals surface area contributed by atoms with Gasteiger partial charge in [0.25, 0.3) is 0 Å². The van der Waals surface area contributed by atoms with E-state index in [2.05, 4.69) is 17.4 Å². The molecule has 0 radical (unpaired) electrons. The van der Waals surface area contributed by atoms with Crippen LogP contribution in [0.3, 0.4) is 0 Å². The van der Waals surface area contributed by atoms with E-state index in [1.165, 1.54) is 0 Å². The summed E-state index contributed by atoms with van der Waals surface area (Å²) < 4.78 is 26.4. The van der Waals surface area contributed by atoms with Gasteiger partial charge in [-0.2, -0.15) is 5.10 Å². The van der Waals surface area contributed by atoms with Gasteiger partial charge in [0.05, 0.1) is 31.0 Å². The molecule has 0 saturated carbocycles. The maximum atomic E-state index is 5.94. The number of rotatable bonds is 11. The van der Waals surface area contributed by atoms with Gasteiger partial charge < -0.3 is 18.9 Å². The zero-order chi connectivity index (χ0) is 25.5. The average molecular weight is 504 g/mol. The molecule has 2 aromatic heterocycles. The van der Waals surface area contributed by atoms with Crippen molar-refractivity contribution in [3.05, 3.63) is 72.6 Å². The standard InChI is InChI=1S/C28H33N5O4/c1-34-19-25(20-35-2)33-28(23-16-29-32(17-23)24-11-13-36-14-12-24)30-27(31-33)22-8-6-7-21(15-22)18-37-26-9-4-3-5-10-26/h3-10,15-17,24-25H,11-14,18-20H2,1-2H3. The van der Waals surface area contributed by atoms with E-state index >= 15 is 0 Å². The Bertz CT molecular complexity index is 1260. The molecule has 9 heteroatoms. The smallest absolute Gasteiger partial charge is 0.181 e. The Morgan fingerprint density at radius 1 is 0.973 bits per heavy atom. The summed E-state index contributed by atoms with van der Waals surface area (Å²) in [6.07, 6.45) is 5.82. The third-order valence-corrected chi connectivity index (χ3v) is 6.45. The van der Waals surface area contributed by atoms with Crippen LogP contribution in [0.5, 0.6) is 5.75 Å². The highest BCUT2D eigenvalue weighted by Gasteiger charge is 2.23. The van der Waals surface area contributed by atoms with Gasteiger partial charge in [0.15, 0.2) is 11.6 Å². The Balaban J connectivity index is 1.45. The van der Waals surface area contributed by atoms with Gasteiger partial charge in [-0.05, 0) is 36.6 Å². The number of hydrogen-bond acceptors (Lipinski definition) is 7. The van der Waals surface area contributed by atoms with Crippen molar-refractivity contribution in [2.24, 2.45) is 0 Å². The molecule has 2 aromatic carbocycles. The minimum absolute atomic E-state index is 0.137. The molecule has 0 aliphatic carbocycles. The predicted molar refractivity (Wildman–Crippen MR) is 139 cm³/mol. The number of nitrogens with zero attached hydrogens (tertiary/aromatic N) is 5. The number of methoxy groups -OCH3 is 2. The molecule has 0 spiro atoms.